The van der Waals surface area contributed by atoms with Crippen LogP contribution in [-0.2, 0) is 9.53 Å². The molecule has 1 heterocycles. The maximum atomic E-state index is 12.6. The van der Waals surface area contributed by atoms with Gasteiger partial charge >= 0.3 is 5.97 Å². The van der Waals surface area contributed by atoms with Gasteiger partial charge in [-0.25, -0.2) is 4.68 Å². The highest BCUT2D eigenvalue weighted by Gasteiger charge is 2.19. The van der Waals surface area contributed by atoms with Crippen molar-refractivity contribution in [2.75, 3.05) is 20.8 Å². The summed E-state index contributed by atoms with van der Waals surface area (Å²) < 4.78 is 11.4. The fourth-order valence-corrected chi connectivity index (χ4v) is 2.56. The second-order valence-corrected chi connectivity index (χ2v) is 5.66. The van der Waals surface area contributed by atoms with Gasteiger partial charge < -0.3 is 14.8 Å². The number of rotatable bonds is 6. The maximum Gasteiger partial charge on any atom is 0.325 e. The second kappa shape index (κ2) is 8.18. The number of carbonyl (C=O) groups excluding carboxylic acids is 2. The van der Waals surface area contributed by atoms with E-state index < -0.39 is 11.9 Å². The van der Waals surface area contributed by atoms with Crippen LogP contribution in [0.3, 0.4) is 0 Å². The number of nitrogens with zero attached hydrogens (tertiary/aromatic N) is 2. The molecule has 0 fully saturated rings. The average molecular weight is 365 g/mol. The van der Waals surface area contributed by atoms with E-state index in [1.54, 1.807) is 18.0 Å². The van der Waals surface area contributed by atoms with Gasteiger partial charge in [0.15, 0.2) is 5.69 Å². The number of ether oxygens (including phenoxy) is 2. The van der Waals surface area contributed by atoms with E-state index in [4.69, 9.17) is 4.74 Å². The molecule has 0 aliphatic rings. The van der Waals surface area contributed by atoms with E-state index in [1.165, 1.54) is 7.11 Å². The number of hydrogen-bond donors (Lipinski definition) is 1. The summed E-state index contributed by atoms with van der Waals surface area (Å²) in [5.74, 6) is -0.307. The van der Waals surface area contributed by atoms with Gasteiger partial charge in [-0.05, 0) is 17.7 Å². The van der Waals surface area contributed by atoms with E-state index in [1.807, 2.05) is 54.6 Å². The molecule has 0 radical (unpaired) electrons. The van der Waals surface area contributed by atoms with Crippen LogP contribution in [0.5, 0.6) is 5.75 Å². The molecule has 0 spiro atoms. The molecule has 3 aromatic rings. The number of hydrogen-bond acceptors (Lipinski definition) is 5. The summed E-state index contributed by atoms with van der Waals surface area (Å²) in [7, 11) is 2.85. The van der Waals surface area contributed by atoms with E-state index >= 15 is 0 Å². The third-order valence-electron chi connectivity index (χ3n) is 3.95. The van der Waals surface area contributed by atoms with Crippen LogP contribution >= 0.6 is 0 Å². The maximum absolute atomic E-state index is 12.6. The van der Waals surface area contributed by atoms with Crippen molar-refractivity contribution in [1.29, 1.82) is 0 Å². The largest absolute Gasteiger partial charge is 0.497 e. The molecule has 0 atom stereocenters. The first-order valence-electron chi connectivity index (χ1n) is 8.27. The van der Waals surface area contributed by atoms with E-state index in [0.717, 1.165) is 11.3 Å². The summed E-state index contributed by atoms with van der Waals surface area (Å²) >= 11 is 0. The molecule has 1 aromatic heterocycles. The van der Waals surface area contributed by atoms with Crippen LogP contribution in [0.25, 0.3) is 16.8 Å². The predicted octanol–water partition coefficient (Wildman–Crippen LogP) is 2.45. The van der Waals surface area contributed by atoms with Crippen molar-refractivity contribution in [3.8, 4) is 22.6 Å². The molecule has 2 aromatic carbocycles. The molecule has 27 heavy (non-hydrogen) atoms. The highest BCUT2D eigenvalue weighted by atomic mass is 16.5. The average Bonchev–Trinajstić information content (AvgIpc) is 3.18. The molecule has 138 valence electrons. The standard InChI is InChI=1S/C20H19N3O4/c1-26-16-10-6-9-15(11-16)23-13-17(14-7-4-3-5-8-14)19(22-23)20(25)21-12-18(24)27-2/h3-11,13H,12H2,1-2H3,(H,21,25). The Labute approximate surface area is 156 Å². The fourth-order valence-electron chi connectivity index (χ4n) is 2.56. The summed E-state index contributed by atoms with van der Waals surface area (Å²) in [5.41, 5.74) is 2.46. The molecule has 0 bridgehead atoms. The van der Waals surface area contributed by atoms with E-state index in [2.05, 4.69) is 15.2 Å². The molecule has 1 amide bonds. The van der Waals surface area contributed by atoms with Crippen LogP contribution in [0.4, 0.5) is 0 Å². The van der Waals surface area contributed by atoms with Crippen molar-refractivity contribution in [1.82, 2.24) is 15.1 Å². The van der Waals surface area contributed by atoms with Gasteiger partial charge in [0.05, 0.1) is 19.9 Å². The highest BCUT2D eigenvalue weighted by molar-refractivity contribution is 6.00. The quantitative estimate of drug-likeness (QED) is 0.679. The predicted molar refractivity (Wildman–Crippen MR) is 99.9 cm³/mol. The first-order chi connectivity index (χ1) is 13.1. The number of esters is 1. The highest BCUT2D eigenvalue weighted by Crippen LogP contribution is 2.25. The minimum Gasteiger partial charge on any atom is -0.497 e. The van der Waals surface area contributed by atoms with Crippen molar-refractivity contribution < 1.29 is 19.1 Å². The zero-order chi connectivity index (χ0) is 19.2. The molecule has 0 unspecified atom stereocenters. The summed E-state index contributed by atoms with van der Waals surface area (Å²) in [4.78, 5) is 23.9. The van der Waals surface area contributed by atoms with Gasteiger partial charge in [0.25, 0.3) is 5.91 Å². The lowest BCUT2D eigenvalue weighted by Crippen LogP contribution is -2.30. The van der Waals surface area contributed by atoms with Gasteiger partial charge in [0.1, 0.15) is 12.3 Å². The van der Waals surface area contributed by atoms with Gasteiger partial charge in [0, 0.05) is 17.8 Å². The summed E-state index contributed by atoms with van der Waals surface area (Å²) in [6, 6.07) is 16.8. The lowest BCUT2D eigenvalue weighted by atomic mass is 10.1. The Hall–Kier alpha value is -3.61. The summed E-state index contributed by atoms with van der Waals surface area (Å²) in [5, 5.41) is 6.97. The Balaban J connectivity index is 2.01. The lowest BCUT2D eigenvalue weighted by molar-refractivity contribution is -0.139. The van der Waals surface area contributed by atoms with E-state index in [9.17, 15) is 9.59 Å². The summed E-state index contributed by atoms with van der Waals surface area (Å²) in [6.07, 6.45) is 1.77. The van der Waals surface area contributed by atoms with Crippen molar-refractivity contribution >= 4 is 11.9 Å². The molecule has 7 heteroatoms. The Morgan fingerprint density at radius 1 is 1.07 bits per heavy atom. The Morgan fingerprint density at radius 2 is 1.85 bits per heavy atom. The third kappa shape index (κ3) is 4.14. The van der Waals surface area contributed by atoms with Crippen LogP contribution in [0.1, 0.15) is 10.5 Å². The smallest absolute Gasteiger partial charge is 0.325 e. The monoisotopic (exact) mass is 365 g/mol. The Bertz CT molecular complexity index is 951. The van der Waals surface area contributed by atoms with Gasteiger partial charge in [-0.2, -0.15) is 5.10 Å². The van der Waals surface area contributed by atoms with Gasteiger partial charge in [-0.1, -0.05) is 36.4 Å². The van der Waals surface area contributed by atoms with Crippen molar-refractivity contribution in [2.45, 2.75) is 0 Å². The van der Waals surface area contributed by atoms with Crippen molar-refractivity contribution in [2.24, 2.45) is 0 Å². The molecule has 0 aliphatic carbocycles. The molecule has 1 N–H and O–H groups in total. The van der Waals surface area contributed by atoms with Gasteiger partial charge in [-0.15, -0.1) is 0 Å². The molecule has 3 rings (SSSR count). The molecular weight excluding hydrogens is 346 g/mol. The van der Waals surface area contributed by atoms with Crippen LogP contribution in [0.15, 0.2) is 60.8 Å². The number of benzene rings is 2. The summed E-state index contributed by atoms with van der Waals surface area (Å²) in [6.45, 7) is -0.227. The SMILES string of the molecule is COC(=O)CNC(=O)c1nn(-c2cccc(OC)c2)cc1-c1ccccc1. The van der Waals surface area contributed by atoms with Crippen molar-refractivity contribution in [3.05, 3.63) is 66.5 Å². The van der Waals surface area contributed by atoms with Crippen LogP contribution in [0.2, 0.25) is 0 Å². The zero-order valence-corrected chi connectivity index (χ0v) is 15.0. The van der Waals surface area contributed by atoms with E-state index in [-0.39, 0.29) is 12.2 Å². The minimum absolute atomic E-state index is 0.216. The van der Waals surface area contributed by atoms with Crippen LogP contribution in [0, 0.1) is 0 Å². The van der Waals surface area contributed by atoms with Gasteiger partial charge in [0.2, 0.25) is 0 Å². The Kier molecular flexibility index (Phi) is 5.51. The molecule has 0 saturated heterocycles. The third-order valence-corrected chi connectivity index (χ3v) is 3.95. The first kappa shape index (κ1) is 18.2. The topological polar surface area (TPSA) is 82.5 Å². The first-order valence-corrected chi connectivity index (χ1v) is 8.27. The van der Waals surface area contributed by atoms with E-state index in [0.29, 0.717) is 11.3 Å². The van der Waals surface area contributed by atoms with Crippen LogP contribution in [-0.4, -0.2) is 42.4 Å². The molecule has 7 nitrogen and oxygen atoms in total. The lowest BCUT2D eigenvalue weighted by Gasteiger charge is -2.04. The Morgan fingerprint density at radius 3 is 2.56 bits per heavy atom. The molecular formula is C20H19N3O4. The zero-order valence-electron chi connectivity index (χ0n) is 15.0. The number of nitrogens with one attached hydrogen (secondary N) is 1. The number of amides is 1. The second-order valence-electron chi connectivity index (χ2n) is 5.66. The molecule has 0 aliphatic heterocycles. The fraction of sp³-hybridized carbons (Fsp3) is 0.150. The normalized spacial score (nSPS) is 10.3. The number of carbonyl (C=O) groups is 2. The number of aromatic nitrogens is 2. The van der Waals surface area contributed by atoms with Crippen LogP contribution < -0.4 is 10.1 Å². The van der Waals surface area contributed by atoms with Crippen molar-refractivity contribution in [3.63, 3.8) is 0 Å². The number of methoxy groups -OCH3 is 2. The molecule has 0 saturated carbocycles. The van der Waals surface area contributed by atoms with Gasteiger partial charge in [-0.3, -0.25) is 9.59 Å². The minimum atomic E-state index is -0.531.